The molecule has 0 aromatic rings. The first kappa shape index (κ1) is 21.1. The largest absolute Gasteiger partial charge is 0.469 e. The maximum Gasteiger partial charge on any atom is 0.305 e. The first-order chi connectivity index (χ1) is 13.7. The second kappa shape index (κ2) is 7.50. The highest BCUT2D eigenvalue weighted by atomic mass is 16.5. The molecule has 0 spiro atoms. The molecular formula is C25H38O4. The Hall–Kier alpha value is -1.19. The van der Waals surface area contributed by atoms with E-state index in [-0.39, 0.29) is 16.8 Å². The van der Waals surface area contributed by atoms with Crippen molar-refractivity contribution in [3.63, 3.8) is 0 Å². The number of ether oxygens (including phenoxy) is 1. The summed E-state index contributed by atoms with van der Waals surface area (Å²) in [4.78, 5) is 37.4. The molecule has 4 aliphatic rings. The molecule has 0 saturated heterocycles. The first-order valence-electron chi connectivity index (χ1n) is 11.8. The van der Waals surface area contributed by atoms with Gasteiger partial charge < -0.3 is 4.74 Å². The molecule has 0 aliphatic heterocycles. The van der Waals surface area contributed by atoms with Gasteiger partial charge in [-0.2, -0.15) is 0 Å². The zero-order chi connectivity index (χ0) is 21.0. The minimum Gasteiger partial charge on any atom is -0.469 e. The molecule has 0 amide bonds. The van der Waals surface area contributed by atoms with Crippen molar-refractivity contribution in [2.45, 2.75) is 85.0 Å². The number of ketones is 2. The van der Waals surface area contributed by atoms with Gasteiger partial charge in [0.1, 0.15) is 11.6 Å². The van der Waals surface area contributed by atoms with E-state index in [2.05, 4.69) is 20.8 Å². The quantitative estimate of drug-likeness (QED) is 0.622. The van der Waals surface area contributed by atoms with Crippen LogP contribution in [0.15, 0.2) is 0 Å². The van der Waals surface area contributed by atoms with E-state index in [1.807, 2.05) is 0 Å². The Balaban J connectivity index is 1.55. The molecule has 4 rings (SSSR count). The molecule has 4 nitrogen and oxygen atoms in total. The lowest BCUT2D eigenvalue weighted by Gasteiger charge is -2.59. The van der Waals surface area contributed by atoms with Gasteiger partial charge in [0.15, 0.2) is 0 Å². The molecule has 0 bridgehead atoms. The number of esters is 1. The van der Waals surface area contributed by atoms with E-state index < -0.39 is 0 Å². The summed E-state index contributed by atoms with van der Waals surface area (Å²) in [6.45, 7) is 6.87. The molecule has 162 valence electrons. The summed E-state index contributed by atoms with van der Waals surface area (Å²) in [5.74, 6) is 3.55. The summed E-state index contributed by atoms with van der Waals surface area (Å²) < 4.78 is 4.83. The average molecular weight is 403 g/mol. The number of hydrogen-bond donors (Lipinski definition) is 0. The van der Waals surface area contributed by atoms with Crippen LogP contribution in [0.2, 0.25) is 0 Å². The fourth-order valence-electron chi connectivity index (χ4n) is 8.34. The molecule has 0 aromatic carbocycles. The Bertz CT molecular complexity index is 699. The van der Waals surface area contributed by atoms with Crippen LogP contribution in [0.1, 0.15) is 85.0 Å². The van der Waals surface area contributed by atoms with E-state index in [0.717, 1.165) is 38.5 Å². The van der Waals surface area contributed by atoms with E-state index >= 15 is 0 Å². The number of carbonyl (C=O) groups excluding carboxylic acids is 3. The normalized spacial score (nSPS) is 45.2. The Kier molecular flexibility index (Phi) is 5.44. The fraction of sp³-hybridized carbons (Fsp3) is 0.880. The van der Waals surface area contributed by atoms with Crippen LogP contribution in [0.5, 0.6) is 0 Å². The van der Waals surface area contributed by atoms with Gasteiger partial charge in [-0.3, -0.25) is 14.4 Å². The topological polar surface area (TPSA) is 60.4 Å². The van der Waals surface area contributed by atoms with Gasteiger partial charge in [0, 0.05) is 31.1 Å². The molecule has 0 aromatic heterocycles. The van der Waals surface area contributed by atoms with Crippen LogP contribution < -0.4 is 0 Å². The lowest BCUT2D eigenvalue weighted by molar-refractivity contribution is -0.159. The molecule has 4 aliphatic carbocycles. The van der Waals surface area contributed by atoms with E-state index in [9.17, 15) is 14.4 Å². The Morgan fingerprint density at radius 1 is 1.10 bits per heavy atom. The standard InChI is InChI=1S/C25H38O4/c1-15(5-10-23(28)29-4)19-8-9-20-18-7-6-16-13-17(26)11-12-24(16,2)21(18)14-22(27)25(19,20)3/h15-16,18-21H,5-14H2,1-4H3/t15-,16+,18+,19-,20+,21+,24+,25-/m1/s1. The maximum atomic E-state index is 13.7. The summed E-state index contributed by atoms with van der Waals surface area (Å²) in [7, 11) is 1.44. The van der Waals surface area contributed by atoms with Crippen LogP contribution in [0, 0.1) is 46.3 Å². The third-order valence-corrected chi connectivity index (χ3v) is 10.1. The van der Waals surface area contributed by atoms with E-state index in [1.165, 1.54) is 13.5 Å². The van der Waals surface area contributed by atoms with Crippen molar-refractivity contribution in [3.05, 3.63) is 0 Å². The molecular weight excluding hydrogens is 364 g/mol. The highest BCUT2D eigenvalue weighted by Gasteiger charge is 2.63. The van der Waals surface area contributed by atoms with Crippen molar-refractivity contribution in [2.75, 3.05) is 7.11 Å². The van der Waals surface area contributed by atoms with E-state index in [0.29, 0.717) is 66.3 Å². The SMILES string of the molecule is COC(=O)CC[C@@H](C)[C@H]1CC[C@H]2[C@@H]3CC[C@H]4CC(=O)CC[C@]4(C)[C@H]3CC(=O)[C@]12C. The van der Waals surface area contributed by atoms with Crippen LogP contribution in [0.4, 0.5) is 0 Å². The third kappa shape index (κ3) is 3.20. The lowest BCUT2D eigenvalue weighted by Crippen LogP contribution is -2.57. The van der Waals surface area contributed by atoms with Crippen molar-refractivity contribution < 1.29 is 19.1 Å². The Morgan fingerprint density at radius 3 is 2.59 bits per heavy atom. The number of fused-ring (bicyclic) bond motifs is 5. The molecule has 29 heavy (non-hydrogen) atoms. The molecule has 4 saturated carbocycles. The summed E-state index contributed by atoms with van der Waals surface area (Å²) in [6, 6.07) is 0. The van der Waals surface area contributed by atoms with Crippen molar-refractivity contribution >= 4 is 17.5 Å². The van der Waals surface area contributed by atoms with Crippen molar-refractivity contribution in [1.29, 1.82) is 0 Å². The van der Waals surface area contributed by atoms with Crippen LogP contribution in [-0.4, -0.2) is 24.6 Å². The van der Waals surface area contributed by atoms with Crippen LogP contribution in [-0.2, 0) is 19.1 Å². The Morgan fingerprint density at radius 2 is 1.86 bits per heavy atom. The third-order valence-electron chi connectivity index (χ3n) is 10.1. The number of carbonyl (C=O) groups is 3. The summed E-state index contributed by atoms with van der Waals surface area (Å²) in [6.07, 6.45) is 9.00. The van der Waals surface area contributed by atoms with Gasteiger partial charge in [-0.25, -0.2) is 0 Å². The van der Waals surface area contributed by atoms with Crippen LogP contribution in [0.3, 0.4) is 0 Å². The van der Waals surface area contributed by atoms with Gasteiger partial charge in [0.2, 0.25) is 0 Å². The molecule has 4 fully saturated rings. The predicted octanol–water partition coefficient (Wildman–Crippen LogP) is 4.98. The fourth-order valence-corrected chi connectivity index (χ4v) is 8.34. The second-order valence-electron chi connectivity index (χ2n) is 11.1. The number of hydrogen-bond acceptors (Lipinski definition) is 4. The average Bonchev–Trinajstić information content (AvgIpc) is 3.06. The molecule has 4 heteroatoms. The predicted molar refractivity (Wildman–Crippen MR) is 111 cm³/mol. The Labute approximate surface area is 175 Å². The zero-order valence-corrected chi connectivity index (χ0v) is 18.7. The van der Waals surface area contributed by atoms with Gasteiger partial charge in [-0.1, -0.05) is 20.8 Å². The highest BCUT2D eigenvalue weighted by molar-refractivity contribution is 5.87. The van der Waals surface area contributed by atoms with Gasteiger partial charge in [-0.15, -0.1) is 0 Å². The second-order valence-corrected chi connectivity index (χ2v) is 11.1. The van der Waals surface area contributed by atoms with Gasteiger partial charge in [0.25, 0.3) is 0 Å². The van der Waals surface area contributed by atoms with E-state index in [1.54, 1.807) is 0 Å². The first-order valence-corrected chi connectivity index (χ1v) is 11.8. The summed E-state index contributed by atoms with van der Waals surface area (Å²) in [5.41, 5.74) is -0.0627. The van der Waals surface area contributed by atoms with Gasteiger partial charge in [0.05, 0.1) is 7.11 Å². The van der Waals surface area contributed by atoms with Crippen molar-refractivity contribution in [1.82, 2.24) is 0 Å². The molecule has 0 unspecified atom stereocenters. The zero-order valence-electron chi connectivity index (χ0n) is 18.7. The molecule has 8 atom stereocenters. The molecule has 0 heterocycles. The van der Waals surface area contributed by atoms with Crippen molar-refractivity contribution in [3.8, 4) is 0 Å². The summed E-state index contributed by atoms with van der Waals surface area (Å²) >= 11 is 0. The number of rotatable bonds is 4. The smallest absolute Gasteiger partial charge is 0.305 e. The summed E-state index contributed by atoms with van der Waals surface area (Å²) in [5, 5.41) is 0. The minimum absolute atomic E-state index is 0.148. The minimum atomic E-state index is -0.232. The number of Topliss-reactive ketones (excluding diaryl/α,β-unsaturated/α-hetero) is 2. The van der Waals surface area contributed by atoms with Gasteiger partial charge in [-0.05, 0) is 79.4 Å². The number of methoxy groups -OCH3 is 1. The highest BCUT2D eigenvalue weighted by Crippen LogP contribution is 2.67. The van der Waals surface area contributed by atoms with Crippen LogP contribution >= 0.6 is 0 Å². The monoisotopic (exact) mass is 402 g/mol. The van der Waals surface area contributed by atoms with Crippen LogP contribution in [0.25, 0.3) is 0 Å². The maximum absolute atomic E-state index is 13.7. The van der Waals surface area contributed by atoms with E-state index in [4.69, 9.17) is 4.74 Å². The molecule has 0 radical (unpaired) electrons. The lowest BCUT2D eigenvalue weighted by atomic mass is 9.44. The molecule has 0 N–H and O–H groups in total. The van der Waals surface area contributed by atoms with Gasteiger partial charge >= 0.3 is 5.97 Å². The van der Waals surface area contributed by atoms with Crippen molar-refractivity contribution in [2.24, 2.45) is 46.3 Å².